The maximum atomic E-state index is 12.4. The number of ether oxygens (including phenoxy) is 1. The fourth-order valence-electron chi connectivity index (χ4n) is 3.13. The summed E-state index contributed by atoms with van der Waals surface area (Å²) in [5, 5.41) is 16.7. The van der Waals surface area contributed by atoms with Crippen LogP contribution in [0.2, 0.25) is 0 Å². The van der Waals surface area contributed by atoms with Crippen LogP contribution in [0, 0.1) is 12.8 Å². The summed E-state index contributed by atoms with van der Waals surface area (Å²) in [5.41, 5.74) is -1.36. The van der Waals surface area contributed by atoms with Crippen molar-refractivity contribution < 1.29 is 19.2 Å². The molecule has 0 radical (unpaired) electrons. The molecule has 1 aromatic heterocycles. The summed E-state index contributed by atoms with van der Waals surface area (Å²) in [5.74, 6) is 0.794. The Balaban J connectivity index is 1.75. The van der Waals surface area contributed by atoms with E-state index in [0.717, 1.165) is 0 Å². The largest absolute Gasteiger partial charge is 0.390 e. The maximum Gasteiger partial charge on any atom is 0.252 e. The zero-order valence-corrected chi connectivity index (χ0v) is 12.4. The maximum absolute atomic E-state index is 12.4. The summed E-state index contributed by atoms with van der Waals surface area (Å²) in [6.45, 7) is 4.60. The minimum absolute atomic E-state index is 0.0562. The average Bonchev–Trinajstić information content (AvgIpc) is 2.84. The normalized spacial score (nSPS) is 31.5. The third-order valence-corrected chi connectivity index (χ3v) is 4.39. The molecule has 0 aromatic carbocycles. The van der Waals surface area contributed by atoms with Gasteiger partial charge in [0.25, 0.3) is 5.89 Å². The quantitative estimate of drug-likeness (QED) is 0.850. The van der Waals surface area contributed by atoms with E-state index in [4.69, 9.17) is 9.26 Å². The molecule has 3 rings (SSSR count). The Hall–Kier alpha value is -1.47. The van der Waals surface area contributed by atoms with Gasteiger partial charge in [-0.1, -0.05) is 5.16 Å². The number of aromatic nitrogens is 2. The summed E-state index contributed by atoms with van der Waals surface area (Å²) in [6, 6.07) is 0. The first-order chi connectivity index (χ1) is 9.90. The van der Waals surface area contributed by atoms with E-state index in [9.17, 15) is 9.90 Å². The van der Waals surface area contributed by atoms with Crippen LogP contribution in [-0.4, -0.2) is 40.0 Å². The van der Waals surface area contributed by atoms with E-state index in [-0.39, 0.29) is 11.8 Å². The number of carbonyl (C=O) groups is 1. The lowest BCUT2D eigenvalue weighted by molar-refractivity contribution is -0.143. The molecule has 0 bridgehead atoms. The van der Waals surface area contributed by atoms with Crippen molar-refractivity contribution in [2.45, 2.75) is 50.7 Å². The Bertz CT molecular complexity index is 526. The van der Waals surface area contributed by atoms with Crippen LogP contribution < -0.4 is 5.32 Å². The van der Waals surface area contributed by atoms with Gasteiger partial charge in [0.1, 0.15) is 5.54 Å². The van der Waals surface area contributed by atoms with Crippen molar-refractivity contribution in [1.29, 1.82) is 0 Å². The molecule has 0 atom stereocenters. The van der Waals surface area contributed by atoms with Crippen molar-refractivity contribution in [1.82, 2.24) is 15.5 Å². The molecule has 0 spiro atoms. The van der Waals surface area contributed by atoms with Crippen molar-refractivity contribution >= 4 is 5.91 Å². The Morgan fingerprint density at radius 1 is 1.38 bits per heavy atom. The molecule has 116 valence electrons. The molecule has 2 heterocycles. The Labute approximate surface area is 123 Å². The van der Waals surface area contributed by atoms with E-state index >= 15 is 0 Å². The van der Waals surface area contributed by atoms with E-state index in [1.54, 1.807) is 13.8 Å². The van der Waals surface area contributed by atoms with Gasteiger partial charge >= 0.3 is 0 Å². The first kappa shape index (κ1) is 14.5. The summed E-state index contributed by atoms with van der Waals surface area (Å²) >= 11 is 0. The van der Waals surface area contributed by atoms with Gasteiger partial charge < -0.3 is 19.7 Å². The lowest BCUT2D eigenvalue weighted by Crippen LogP contribution is -2.55. The second kappa shape index (κ2) is 5.06. The fourth-order valence-corrected chi connectivity index (χ4v) is 3.13. The minimum Gasteiger partial charge on any atom is -0.390 e. The van der Waals surface area contributed by atoms with Crippen LogP contribution in [0.3, 0.4) is 0 Å². The summed E-state index contributed by atoms with van der Waals surface area (Å²) in [6.07, 6.45) is 2.22. The van der Waals surface area contributed by atoms with Gasteiger partial charge in [0.2, 0.25) is 5.91 Å². The van der Waals surface area contributed by atoms with Crippen molar-refractivity contribution in [2.24, 2.45) is 5.92 Å². The molecular weight excluding hydrogens is 274 g/mol. The summed E-state index contributed by atoms with van der Waals surface area (Å²) in [7, 11) is 0. The SMILES string of the molecule is Cc1noc(C2(NC(=O)C3CC(C)(O)C3)CCOCC2)n1. The number of hydrogen-bond donors (Lipinski definition) is 2. The lowest BCUT2D eigenvalue weighted by Gasteiger charge is -2.42. The van der Waals surface area contributed by atoms with Crippen molar-refractivity contribution in [3.8, 4) is 0 Å². The molecule has 1 saturated heterocycles. The standard InChI is InChI=1S/C14H21N3O4/c1-9-15-12(21-17-9)14(3-5-20-6-4-14)16-11(18)10-7-13(2,19)8-10/h10,19H,3-8H2,1-2H3,(H,16,18). The van der Waals surface area contributed by atoms with Gasteiger partial charge in [-0.15, -0.1) is 0 Å². The molecule has 1 aromatic rings. The van der Waals surface area contributed by atoms with Crippen LogP contribution in [0.15, 0.2) is 4.52 Å². The molecule has 1 amide bonds. The Morgan fingerprint density at radius 3 is 2.57 bits per heavy atom. The first-order valence-electron chi connectivity index (χ1n) is 7.33. The van der Waals surface area contributed by atoms with E-state index in [0.29, 0.717) is 50.6 Å². The minimum atomic E-state index is -0.716. The highest BCUT2D eigenvalue weighted by Gasteiger charge is 2.47. The van der Waals surface area contributed by atoms with Gasteiger partial charge in [0.05, 0.1) is 5.60 Å². The van der Waals surface area contributed by atoms with Gasteiger partial charge in [-0.2, -0.15) is 4.98 Å². The number of carbonyl (C=O) groups excluding carboxylic acids is 1. The molecule has 1 aliphatic carbocycles. The highest BCUT2D eigenvalue weighted by Crippen LogP contribution is 2.39. The van der Waals surface area contributed by atoms with Crippen LogP contribution in [0.4, 0.5) is 0 Å². The van der Waals surface area contributed by atoms with Crippen molar-refractivity contribution in [2.75, 3.05) is 13.2 Å². The predicted octanol–water partition coefficient (Wildman–Crippen LogP) is 0.661. The Kier molecular flexibility index (Phi) is 3.49. The smallest absolute Gasteiger partial charge is 0.252 e. The second-order valence-corrected chi connectivity index (χ2v) is 6.43. The second-order valence-electron chi connectivity index (χ2n) is 6.43. The van der Waals surface area contributed by atoms with Gasteiger partial charge in [-0.05, 0) is 26.7 Å². The van der Waals surface area contributed by atoms with Gasteiger partial charge in [0, 0.05) is 32.0 Å². The zero-order chi connectivity index (χ0) is 15.1. The molecule has 7 nitrogen and oxygen atoms in total. The van der Waals surface area contributed by atoms with Crippen LogP contribution in [-0.2, 0) is 15.1 Å². The monoisotopic (exact) mass is 295 g/mol. The molecule has 1 aliphatic heterocycles. The van der Waals surface area contributed by atoms with Gasteiger partial charge in [-0.3, -0.25) is 4.79 Å². The number of nitrogens with zero attached hydrogens (tertiary/aromatic N) is 2. The zero-order valence-electron chi connectivity index (χ0n) is 12.4. The molecule has 21 heavy (non-hydrogen) atoms. The molecule has 0 unspecified atom stereocenters. The molecular formula is C14H21N3O4. The number of amides is 1. The highest BCUT2D eigenvalue weighted by molar-refractivity contribution is 5.80. The van der Waals surface area contributed by atoms with Gasteiger partial charge in [-0.25, -0.2) is 0 Å². The first-order valence-corrected chi connectivity index (χ1v) is 7.33. The summed E-state index contributed by atoms with van der Waals surface area (Å²) < 4.78 is 10.7. The van der Waals surface area contributed by atoms with Crippen LogP contribution in [0.5, 0.6) is 0 Å². The number of aryl methyl sites for hydroxylation is 1. The lowest BCUT2D eigenvalue weighted by atomic mass is 9.71. The third-order valence-electron chi connectivity index (χ3n) is 4.39. The number of hydrogen-bond acceptors (Lipinski definition) is 6. The molecule has 1 saturated carbocycles. The Morgan fingerprint density at radius 2 is 2.05 bits per heavy atom. The van der Waals surface area contributed by atoms with E-state index < -0.39 is 11.1 Å². The number of rotatable bonds is 3. The van der Waals surface area contributed by atoms with Crippen molar-refractivity contribution in [3.05, 3.63) is 11.7 Å². The van der Waals surface area contributed by atoms with Gasteiger partial charge in [0.15, 0.2) is 5.82 Å². The van der Waals surface area contributed by atoms with Crippen LogP contribution in [0.25, 0.3) is 0 Å². The third kappa shape index (κ3) is 2.80. The topological polar surface area (TPSA) is 97.5 Å². The van der Waals surface area contributed by atoms with E-state index in [2.05, 4.69) is 15.5 Å². The van der Waals surface area contributed by atoms with Crippen molar-refractivity contribution in [3.63, 3.8) is 0 Å². The highest BCUT2D eigenvalue weighted by atomic mass is 16.5. The predicted molar refractivity (Wildman–Crippen MR) is 72.3 cm³/mol. The molecule has 2 fully saturated rings. The fraction of sp³-hybridized carbons (Fsp3) is 0.786. The van der Waals surface area contributed by atoms with E-state index in [1.165, 1.54) is 0 Å². The number of nitrogens with one attached hydrogen (secondary N) is 1. The van der Waals surface area contributed by atoms with Crippen LogP contribution >= 0.6 is 0 Å². The summed E-state index contributed by atoms with van der Waals surface area (Å²) in [4.78, 5) is 16.7. The molecule has 2 aliphatic rings. The van der Waals surface area contributed by atoms with Crippen LogP contribution in [0.1, 0.15) is 44.3 Å². The number of aliphatic hydroxyl groups is 1. The molecule has 2 N–H and O–H groups in total. The van der Waals surface area contributed by atoms with E-state index in [1.807, 2.05) is 0 Å². The molecule has 7 heteroatoms. The average molecular weight is 295 g/mol.